The van der Waals surface area contributed by atoms with Crippen molar-refractivity contribution in [2.24, 2.45) is 0 Å². The molecule has 1 aromatic carbocycles. The highest BCUT2D eigenvalue weighted by molar-refractivity contribution is 5.76. The number of carbonyl (C=O) groups excluding carboxylic acids is 1. The molecule has 1 amide bonds. The lowest BCUT2D eigenvalue weighted by Crippen LogP contribution is -2.50. The molecule has 124 valence electrons. The first-order valence-corrected chi connectivity index (χ1v) is 7.66. The molecule has 0 fully saturated rings. The predicted octanol–water partition coefficient (Wildman–Crippen LogP) is 1.43. The summed E-state index contributed by atoms with van der Waals surface area (Å²) in [6.45, 7) is 5.53. The zero-order chi connectivity index (χ0) is 17.0. The Labute approximate surface area is 135 Å². The highest BCUT2D eigenvalue weighted by Gasteiger charge is 2.26. The molecule has 7 heteroatoms. The molecular formula is C16H23N5O2. The van der Waals surface area contributed by atoms with Crippen LogP contribution in [0.15, 0.2) is 35.1 Å². The number of amides is 1. The summed E-state index contributed by atoms with van der Waals surface area (Å²) in [4.78, 5) is 24.2. The molecule has 0 saturated carbocycles. The van der Waals surface area contributed by atoms with E-state index in [1.807, 2.05) is 32.0 Å². The molecule has 2 aromatic rings. The molecule has 23 heavy (non-hydrogen) atoms. The van der Waals surface area contributed by atoms with Crippen LogP contribution in [-0.2, 0) is 6.42 Å². The number of nitrogens with one attached hydrogen (secondary N) is 1. The summed E-state index contributed by atoms with van der Waals surface area (Å²) in [6, 6.07) is 9.52. The Morgan fingerprint density at radius 2 is 2.00 bits per heavy atom. The van der Waals surface area contributed by atoms with Gasteiger partial charge in [0.2, 0.25) is 0 Å². The SMILES string of the molecule is CCC(C)(CCc1ccccc1)NC(=O)n1nc(C)n(N)c1=O. The van der Waals surface area contributed by atoms with Gasteiger partial charge in [0.1, 0.15) is 0 Å². The van der Waals surface area contributed by atoms with Gasteiger partial charge >= 0.3 is 11.7 Å². The fourth-order valence-electron chi connectivity index (χ4n) is 2.31. The first kappa shape index (κ1) is 16.8. The summed E-state index contributed by atoms with van der Waals surface area (Å²) in [6.07, 6.45) is 2.34. The lowest BCUT2D eigenvalue weighted by atomic mass is 9.91. The second-order valence-electron chi connectivity index (χ2n) is 5.94. The molecule has 1 heterocycles. The summed E-state index contributed by atoms with van der Waals surface area (Å²) in [5.74, 6) is 5.80. The van der Waals surface area contributed by atoms with Gasteiger partial charge < -0.3 is 11.2 Å². The number of aromatic nitrogens is 3. The quantitative estimate of drug-likeness (QED) is 0.815. The van der Waals surface area contributed by atoms with Crippen LogP contribution in [0.4, 0.5) is 4.79 Å². The van der Waals surface area contributed by atoms with E-state index in [9.17, 15) is 9.59 Å². The van der Waals surface area contributed by atoms with Gasteiger partial charge in [-0.15, -0.1) is 9.78 Å². The maximum absolute atomic E-state index is 12.3. The Hall–Kier alpha value is -2.57. The molecule has 1 unspecified atom stereocenters. The van der Waals surface area contributed by atoms with Crippen LogP contribution in [0.1, 0.15) is 38.1 Å². The number of nitrogens with two attached hydrogens (primary N) is 1. The van der Waals surface area contributed by atoms with Crippen LogP contribution in [0, 0.1) is 6.92 Å². The second-order valence-corrected chi connectivity index (χ2v) is 5.94. The summed E-state index contributed by atoms with van der Waals surface area (Å²) in [5, 5.41) is 6.78. The molecule has 1 atom stereocenters. The molecule has 1 aromatic heterocycles. The standard InChI is InChI=1S/C16H23N5O2/c1-4-16(3,11-10-13-8-6-5-7-9-13)18-14(22)21-15(23)20(17)12(2)19-21/h5-9H,4,10-11,17H2,1-3H3,(H,18,22). The number of nitrogen functional groups attached to an aromatic ring is 1. The van der Waals surface area contributed by atoms with Gasteiger partial charge in [0.05, 0.1) is 0 Å². The Balaban J connectivity index is 2.09. The summed E-state index contributed by atoms with van der Waals surface area (Å²) in [5.41, 5.74) is 0.126. The maximum atomic E-state index is 12.3. The van der Waals surface area contributed by atoms with Crippen molar-refractivity contribution in [3.05, 3.63) is 52.2 Å². The van der Waals surface area contributed by atoms with Crippen molar-refractivity contribution in [3.8, 4) is 0 Å². The highest BCUT2D eigenvalue weighted by atomic mass is 16.2. The number of benzene rings is 1. The maximum Gasteiger partial charge on any atom is 0.373 e. The van der Waals surface area contributed by atoms with E-state index in [-0.39, 0.29) is 5.82 Å². The van der Waals surface area contributed by atoms with E-state index in [0.717, 1.165) is 28.6 Å². The third-order valence-corrected chi connectivity index (χ3v) is 4.17. The minimum atomic E-state index is -0.651. The van der Waals surface area contributed by atoms with Gasteiger partial charge in [0.25, 0.3) is 0 Å². The van der Waals surface area contributed by atoms with Gasteiger partial charge in [-0.05, 0) is 38.7 Å². The number of hydrogen-bond acceptors (Lipinski definition) is 4. The van der Waals surface area contributed by atoms with Crippen LogP contribution in [-0.4, -0.2) is 26.0 Å². The summed E-state index contributed by atoms with van der Waals surface area (Å²) in [7, 11) is 0. The first-order valence-electron chi connectivity index (χ1n) is 7.66. The molecule has 0 aliphatic carbocycles. The van der Waals surface area contributed by atoms with E-state index in [1.165, 1.54) is 5.56 Å². The molecule has 7 nitrogen and oxygen atoms in total. The van der Waals surface area contributed by atoms with Crippen molar-refractivity contribution in [1.82, 2.24) is 19.8 Å². The summed E-state index contributed by atoms with van der Waals surface area (Å²) >= 11 is 0. The van der Waals surface area contributed by atoms with Crippen molar-refractivity contribution in [1.29, 1.82) is 0 Å². The molecule has 0 bridgehead atoms. The van der Waals surface area contributed by atoms with E-state index in [4.69, 9.17) is 5.84 Å². The Bertz CT molecular complexity index is 735. The Kier molecular flexibility index (Phi) is 4.88. The Morgan fingerprint density at radius 1 is 1.35 bits per heavy atom. The van der Waals surface area contributed by atoms with Gasteiger partial charge in [0, 0.05) is 5.54 Å². The van der Waals surface area contributed by atoms with Crippen LogP contribution < -0.4 is 16.8 Å². The van der Waals surface area contributed by atoms with E-state index < -0.39 is 17.3 Å². The number of rotatable bonds is 5. The molecule has 0 aliphatic heterocycles. The van der Waals surface area contributed by atoms with Crippen molar-refractivity contribution < 1.29 is 4.79 Å². The first-order chi connectivity index (χ1) is 10.9. The lowest BCUT2D eigenvalue weighted by molar-refractivity contribution is 0.220. The normalized spacial score (nSPS) is 13.5. The third kappa shape index (κ3) is 3.80. The van der Waals surface area contributed by atoms with Crippen molar-refractivity contribution in [2.75, 3.05) is 5.84 Å². The number of carbonyl (C=O) groups is 1. The lowest BCUT2D eigenvalue weighted by Gasteiger charge is -2.29. The molecule has 2 rings (SSSR count). The molecule has 3 N–H and O–H groups in total. The molecule has 0 aliphatic rings. The van der Waals surface area contributed by atoms with Crippen molar-refractivity contribution >= 4 is 6.03 Å². The van der Waals surface area contributed by atoms with Crippen molar-refractivity contribution in [2.45, 2.75) is 45.6 Å². The number of hydrogen-bond donors (Lipinski definition) is 2. The van der Waals surface area contributed by atoms with E-state index in [1.54, 1.807) is 6.92 Å². The molecule has 0 saturated heterocycles. The largest absolute Gasteiger partial charge is 0.373 e. The summed E-state index contributed by atoms with van der Waals surface area (Å²) < 4.78 is 1.62. The smallest absolute Gasteiger partial charge is 0.333 e. The number of aryl methyl sites for hydroxylation is 2. The predicted molar refractivity (Wildman–Crippen MR) is 88.8 cm³/mol. The molecular weight excluding hydrogens is 294 g/mol. The van der Waals surface area contributed by atoms with Gasteiger partial charge in [-0.3, -0.25) is 0 Å². The number of nitrogens with zero attached hydrogens (tertiary/aromatic N) is 3. The fraction of sp³-hybridized carbons (Fsp3) is 0.438. The van der Waals surface area contributed by atoms with E-state index in [0.29, 0.717) is 0 Å². The average molecular weight is 317 g/mol. The minimum absolute atomic E-state index is 0.285. The van der Waals surface area contributed by atoms with Crippen molar-refractivity contribution in [3.63, 3.8) is 0 Å². The topological polar surface area (TPSA) is 94.9 Å². The van der Waals surface area contributed by atoms with Gasteiger partial charge in [-0.2, -0.15) is 4.68 Å². The van der Waals surface area contributed by atoms with Crippen LogP contribution in [0.3, 0.4) is 0 Å². The minimum Gasteiger partial charge on any atom is -0.333 e. The van der Waals surface area contributed by atoms with Crippen LogP contribution in [0.2, 0.25) is 0 Å². The van der Waals surface area contributed by atoms with E-state index >= 15 is 0 Å². The van der Waals surface area contributed by atoms with Gasteiger partial charge in [-0.25, -0.2) is 9.59 Å². The van der Waals surface area contributed by atoms with Gasteiger partial charge in [-0.1, -0.05) is 37.3 Å². The molecule has 0 radical (unpaired) electrons. The highest BCUT2D eigenvalue weighted by Crippen LogP contribution is 2.18. The Morgan fingerprint density at radius 3 is 2.52 bits per heavy atom. The van der Waals surface area contributed by atoms with Crippen LogP contribution in [0.5, 0.6) is 0 Å². The average Bonchev–Trinajstić information content (AvgIpc) is 2.81. The second kappa shape index (κ2) is 6.68. The molecule has 0 spiro atoms. The zero-order valence-electron chi connectivity index (χ0n) is 13.7. The van der Waals surface area contributed by atoms with E-state index in [2.05, 4.69) is 22.5 Å². The van der Waals surface area contributed by atoms with Crippen LogP contribution >= 0.6 is 0 Å². The third-order valence-electron chi connectivity index (χ3n) is 4.17. The fourth-order valence-corrected chi connectivity index (χ4v) is 2.31. The van der Waals surface area contributed by atoms with Gasteiger partial charge in [0.15, 0.2) is 5.82 Å². The van der Waals surface area contributed by atoms with Crippen LogP contribution in [0.25, 0.3) is 0 Å². The monoisotopic (exact) mass is 317 g/mol. The zero-order valence-corrected chi connectivity index (χ0v) is 13.7.